The first-order chi connectivity index (χ1) is 15.0. The van der Waals surface area contributed by atoms with Gasteiger partial charge in [0.2, 0.25) is 0 Å². The van der Waals surface area contributed by atoms with Gasteiger partial charge in [-0.15, -0.1) is 12.4 Å². The van der Waals surface area contributed by atoms with Crippen LogP contribution in [-0.4, -0.2) is 71.8 Å². The van der Waals surface area contributed by atoms with Gasteiger partial charge in [-0.2, -0.15) is 13.2 Å². The summed E-state index contributed by atoms with van der Waals surface area (Å²) in [5.74, 6) is -3.81. The van der Waals surface area contributed by atoms with Gasteiger partial charge < -0.3 is 19.8 Å². The van der Waals surface area contributed by atoms with Crippen molar-refractivity contribution in [1.29, 1.82) is 0 Å². The molecule has 0 bridgehead atoms. The molecule has 1 fully saturated rings. The third kappa shape index (κ3) is 5.69. The SMILES string of the molecule is CC1=C(C(=O)O)C(c2ccc(C(F)(F)F)cc2)C(C(=O)O)=C(CCN2CCOCC2)N1C.Cl. The standard InChI is InChI=1S/C22H25F3N2O5.ClH/c1-13-17(20(28)29)18(14-3-5-15(6-4-14)22(23,24)25)19(21(30)31)16(26(13)2)7-8-27-9-11-32-12-10-27;/h3-6,18H,7-12H2,1-2H3,(H,28,29)(H,30,31);1H. The van der Waals surface area contributed by atoms with E-state index in [-0.39, 0.29) is 29.1 Å². The van der Waals surface area contributed by atoms with Gasteiger partial charge in [0.05, 0.1) is 35.8 Å². The minimum atomic E-state index is -4.55. The second kappa shape index (κ2) is 10.6. The van der Waals surface area contributed by atoms with E-state index in [1.54, 1.807) is 18.9 Å². The quantitative estimate of drug-likeness (QED) is 0.630. The predicted octanol–water partition coefficient (Wildman–Crippen LogP) is 3.58. The summed E-state index contributed by atoms with van der Waals surface area (Å²) in [6.45, 7) is 4.70. The number of alkyl halides is 3. The molecule has 1 atom stereocenters. The first-order valence-corrected chi connectivity index (χ1v) is 10.1. The fraction of sp³-hybridized carbons (Fsp3) is 0.455. The van der Waals surface area contributed by atoms with E-state index in [9.17, 15) is 33.0 Å². The molecule has 2 N–H and O–H groups in total. The monoisotopic (exact) mass is 490 g/mol. The smallest absolute Gasteiger partial charge is 0.416 e. The Morgan fingerprint density at radius 1 is 1.06 bits per heavy atom. The number of allylic oxidation sites excluding steroid dienone is 1. The molecule has 33 heavy (non-hydrogen) atoms. The maximum absolute atomic E-state index is 13.0. The Hall–Kier alpha value is -2.56. The van der Waals surface area contributed by atoms with E-state index < -0.39 is 29.6 Å². The Morgan fingerprint density at radius 3 is 2.09 bits per heavy atom. The molecule has 0 saturated carbocycles. The maximum atomic E-state index is 13.0. The summed E-state index contributed by atoms with van der Waals surface area (Å²) >= 11 is 0. The molecule has 7 nitrogen and oxygen atoms in total. The number of carboxylic acid groups (broad SMARTS) is 2. The largest absolute Gasteiger partial charge is 0.478 e. The highest BCUT2D eigenvalue weighted by atomic mass is 35.5. The van der Waals surface area contributed by atoms with E-state index in [4.69, 9.17) is 4.74 Å². The maximum Gasteiger partial charge on any atom is 0.416 e. The Morgan fingerprint density at radius 2 is 1.61 bits per heavy atom. The molecule has 2 heterocycles. The summed E-state index contributed by atoms with van der Waals surface area (Å²) in [4.78, 5) is 28.1. The van der Waals surface area contributed by atoms with E-state index in [1.165, 1.54) is 0 Å². The number of halogens is 4. The third-order valence-electron chi connectivity index (χ3n) is 5.99. The van der Waals surface area contributed by atoms with Crippen molar-refractivity contribution in [2.24, 2.45) is 0 Å². The second-order valence-electron chi connectivity index (χ2n) is 7.79. The van der Waals surface area contributed by atoms with Crippen LogP contribution in [0.1, 0.15) is 30.4 Å². The van der Waals surface area contributed by atoms with E-state index in [0.29, 0.717) is 50.7 Å². The lowest BCUT2D eigenvalue weighted by Crippen LogP contribution is -2.39. The Labute approximate surface area is 195 Å². The van der Waals surface area contributed by atoms with E-state index in [0.717, 1.165) is 24.3 Å². The Bertz CT molecular complexity index is 954. The second-order valence-corrected chi connectivity index (χ2v) is 7.79. The lowest BCUT2D eigenvalue weighted by Gasteiger charge is -2.37. The van der Waals surface area contributed by atoms with Crippen molar-refractivity contribution in [3.8, 4) is 0 Å². The van der Waals surface area contributed by atoms with Gasteiger partial charge in [0.15, 0.2) is 0 Å². The molecule has 0 aliphatic carbocycles. The van der Waals surface area contributed by atoms with Crippen LogP contribution < -0.4 is 0 Å². The highest BCUT2D eigenvalue weighted by Crippen LogP contribution is 2.43. The van der Waals surface area contributed by atoms with Crippen LogP contribution >= 0.6 is 12.4 Å². The van der Waals surface area contributed by atoms with Gasteiger partial charge in [0.25, 0.3) is 0 Å². The zero-order valence-electron chi connectivity index (χ0n) is 18.2. The molecule has 1 saturated heterocycles. The number of benzene rings is 1. The Balaban J connectivity index is 0.00000385. The van der Waals surface area contributed by atoms with Gasteiger partial charge in [-0.3, -0.25) is 4.90 Å². The van der Waals surface area contributed by atoms with Gasteiger partial charge >= 0.3 is 18.1 Å². The first kappa shape index (κ1) is 26.7. The van der Waals surface area contributed by atoms with Crippen LogP contribution in [0.25, 0.3) is 0 Å². The van der Waals surface area contributed by atoms with Crippen molar-refractivity contribution in [2.45, 2.75) is 25.4 Å². The van der Waals surface area contributed by atoms with Crippen molar-refractivity contribution in [3.05, 3.63) is 57.9 Å². The van der Waals surface area contributed by atoms with Gasteiger partial charge in [-0.1, -0.05) is 12.1 Å². The van der Waals surface area contributed by atoms with Crippen molar-refractivity contribution < 1.29 is 37.7 Å². The summed E-state index contributed by atoms with van der Waals surface area (Å²) < 4.78 is 44.3. The topological polar surface area (TPSA) is 90.3 Å². The molecule has 0 aromatic heterocycles. The fourth-order valence-electron chi connectivity index (χ4n) is 4.20. The minimum Gasteiger partial charge on any atom is -0.478 e. The van der Waals surface area contributed by atoms with Crippen LogP contribution in [0.4, 0.5) is 13.2 Å². The highest BCUT2D eigenvalue weighted by Gasteiger charge is 2.40. The lowest BCUT2D eigenvalue weighted by molar-refractivity contribution is -0.138. The molecule has 11 heteroatoms. The molecule has 1 unspecified atom stereocenters. The van der Waals surface area contributed by atoms with Gasteiger partial charge in [0, 0.05) is 44.5 Å². The summed E-state index contributed by atoms with van der Waals surface area (Å²) in [5.41, 5.74) is -0.215. The van der Waals surface area contributed by atoms with Crippen molar-refractivity contribution in [1.82, 2.24) is 9.80 Å². The molecular weight excluding hydrogens is 465 g/mol. The molecule has 3 rings (SSSR count). The normalized spacial score (nSPS) is 20.0. The summed E-state index contributed by atoms with van der Waals surface area (Å²) in [5, 5.41) is 19.9. The number of carboxylic acids is 2. The molecule has 1 aromatic carbocycles. The zero-order valence-corrected chi connectivity index (χ0v) is 19.0. The predicted molar refractivity (Wildman–Crippen MR) is 116 cm³/mol. The summed E-state index contributed by atoms with van der Waals surface area (Å²) in [6, 6.07) is 3.99. The van der Waals surface area contributed by atoms with Crippen LogP contribution in [0, 0.1) is 0 Å². The number of rotatable bonds is 6. The van der Waals surface area contributed by atoms with Crippen molar-refractivity contribution in [3.63, 3.8) is 0 Å². The van der Waals surface area contributed by atoms with Crippen molar-refractivity contribution >= 4 is 24.3 Å². The van der Waals surface area contributed by atoms with Crippen LogP contribution in [0.2, 0.25) is 0 Å². The van der Waals surface area contributed by atoms with E-state index in [2.05, 4.69) is 4.90 Å². The third-order valence-corrected chi connectivity index (χ3v) is 5.99. The Kier molecular flexibility index (Phi) is 8.56. The van der Waals surface area contributed by atoms with Gasteiger partial charge in [-0.25, -0.2) is 9.59 Å². The molecule has 0 spiro atoms. The number of ether oxygens (including phenoxy) is 1. The molecule has 2 aliphatic rings. The zero-order chi connectivity index (χ0) is 23.6. The summed E-state index contributed by atoms with van der Waals surface area (Å²) in [7, 11) is 1.61. The number of aliphatic carboxylic acids is 2. The number of hydrogen-bond donors (Lipinski definition) is 2. The molecule has 0 amide bonds. The lowest BCUT2D eigenvalue weighted by atomic mass is 9.79. The van der Waals surface area contributed by atoms with Crippen LogP contribution in [0.5, 0.6) is 0 Å². The molecule has 2 aliphatic heterocycles. The van der Waals surface area contributed by atoms with Crippen LogP contribution in [-0.2, 0) is 20.5 Å². The van der Waals surface area contributed by atoms with E-state index in [1.807, 2.05) is 0 Å². The average molecular weight is 491 g/mol. The van der Waals surface area contributed by atoms with Crippen LogP contribution in [0.3, 0.4) is 0 Å². The van der Waals surface area contributed by atoms with Gasteiger partial charge in [-0.05, 0) is 24.6 Å². The summed E-state index contributed by atoms with van der Waals surface area (Å²) in [6.07, 6.45) is -4.21. The highest BCUT2D eigenvalue weighted by molar-refractivity contribution is 5.98. The van der Waals surface area contributed by atoms with Gasteiger partial charge in [0.1, 0.15) is 0 Å². The first-order valence-electron chi connectivity index (χ1n) is 10.1. The number of morpholine rings is 1. The minimum absolute atomic E-state index is 0. The molecule has 182 valence electrons. The van der Waals surface area contributed by atoms with Crippen molar-refractivity contribution in [2.75, 3.05) is 39.9 Å². The van der Waals surface area contributed by atoms with E-state index >= 15 is 0 Å². The number of carbonyl (C=O) groups is 2. The van der Waals surface area contributed by atoms with Crippen LogP contribution in [0.15, 0.2) is 46.8 Å². The molecule has 1 aromatic rings. The average Bonchev–Trinajstić information content (AvgIpc) is 2.74. The number of nitrogens with zero attached hydrogens (tertiary/aromatic N) is 2. The molecule has 0 radical (unpaired) electrons. The number of hydrogen-bond acceptors (Lipinski definition) is 5. The fourth-order valence-corrected chi connectivity index (χ4v) is 4.20. The molecular formula is C22H26ClF3N2O5.